The minimum atomic E-state index is 0.138. The van der Waals surface area contributed by atoms with Gasteiger partial charge in [-0.05, 0) is 46.2 Å². The van der Waals surface area contributed by atoms with Crippen LogP contribution in [0.4, 0.5) is 11.4 Å². The largest absolute Gasteiger partial charge is 0.326 e. The first-order valence-electron chi connectivity index (χ1n) is 8.39. The SMILES string of the molecule is CC(C)(C)c1ccc(NC(=N)Nc2ccc(C(C)(C)C)cc2)cc1. The van der Waals surface area contributed by atoms with E-state index in [-0.39, 0.29) is 16.8 Å². The number of rotatable bonds is 2. The lowest BCUT2D eigenvalue weighted by Crippen LogP contribution is -2.21. The Labute approximate surface area is 146 Å². The molecule has 2 aromatic rings. The van der Waals surface area contributed by atoms with Crippen LogP contribution in [0.1, 0.15) is 52.7 Å². The van der Waals surface area contributed by atoms with E-state index in [2.05, 4.69) is 76.4 Å². The topological polar surface area (TPSA) is 47.9 Å². The van der Waals surface area contributed by atoms with Crippen molar-refractivity contribution < 1.29 is 0 Å². The second-order valence-electron chi connectivity index (χ2n) is 8.28. The number of anilines is 2. The summed E-state index contributed by atoms with van der Waals surface area (Å²) in [7, 11) is 0. The van der Waals surface area contributed by atoms with Crippen LogP contribution in [-0.2, 0) is 10.8 Å². The number of guanidine groups is 1. The lowest BCUT2D eigenvalue weighted by molar-refractivity contribution is 0.590. The van der Waals surface area contributed by atoms with Gasteiger partial charge in [0, 0.05) is 11.4 Å². The zero-order valence-corrected chi connectivity index (χ0v) is 15.6. The van der Waals surface area contributed by atoms with E-state index in [1.165, 1.54) is 11.1 Å². The smallest absolute Gasteiger partial charge is 0.197 e. The van der Waals surface area contributed by atoms with E-state index in [9.17, 15) is 0 Å². The molecule has 3 heteroatoms. The molecule has 0 amide bonds. The molecule has 0 aliphatic heterocycles. The highest BCUT2D eigenvalue weighted by atomic mass is 15.1. The summed E-state index contributed by atoms with van der Waals surface area (Å²) in [4.78, 5) is 0. The molecule has 0 saturated carbocycles. The van der Waals surface area contributed by atoms with Gasteiger partial charge in [-0.1, -0.05) is 65.8 Å². The second kappa shape index (κ2) is 6.68. The molecule has 0 aliphatic rings. The Morgan fingerprint density at radius 3 is 1.17 bits per heavy atom. The summed E-state index contributed by atoms with van der Waals surface area (Å²) in [5.74, 6) is 0.266. The molecule has 0 saturated heterocycles. The summed E-state index contributed by atoms with van der Waals surface area (Å²) in [6, 6.07) is 16.5. The van der Waals surface area contributed by atoms with E-state index >= 15 is 0 Å². The van der Waals surface area contributed by atoms with E-state index in [0.29, 0.717) is 0 Å². The van der Waals surface area contributed by atoms with Gasteiger partial charge in [-0.25, -0.2) is 0 Å². The molecule has 0 bridgehead atoms. The molecule has 0 unspecified atom stereocenters. The highest BCUT2D eigenvalue weighted by Gasteiger charge is 2.14. The molecule has 0 radical (unpaired) electrons. The lowest BCUT2D eigenvalue weighted by atomic mass is 9.87. The molecule has 0 aromatic heterocycles. The maximum absolute atomic E-state index is 8.09. The van der Waals surface area contributed by atoms with Crippen molar-refractivity contribution in [1.82, 2.24) is 0 Å². The van der Waals surface area contributed by atoms with Crippen molar-refractivity contribution in [3.63, 3.8) is 0 Å². The van der Waals surface area contributed by atoms with Gasteiger partial charge in [0.1, 0.15) is 0 Å². The summed E-state index contributed by atoms with van der Waals surface area (Å²) in [6.07, 6.45) is 0. The van der Waals surface area contributed by atoms with Gasteiger partial charge in [-0.2, -0.15) is 0 Å². The molecule has 3 nitrogen and oxygen atoms in total. The highest BCUT2D eigenvalue weighted by Crippen LogP contribution is 2.24. The maximum Gasteiger partial charge on any atom is 0.197 e. The van der Waals surface area contributed by atoms with Crippen LogP contribution in [-0.4, -0.2) is 5.96 Å². The maximum atomic E-state index is 8.09. The minimum Gasteiger partial charge on any atom is -0.326 e. The fourth-order valence-corrected chi connectivity index (χ4v) is 2.43. The van der Waals surface area contributed by atoms with Gasteiger partial charge >= 0.3 is 0 Å². The van der Waals surface area contributed by atoms with Gasteiger partial charge in [0.05, 0.1) is 0 Å². The molecular formula is C21H29N3. The fraction of sp³-hybridized carbons (Fsp3) is 0.381. The summed E-state index contributed by atoms with van der Waals surface area (Å²) in [6.45, 7) is 13.2. The van der Waals surface area contributed by atoms with Gasteiger partial charge in [0.25, 0.3) is 0 Å². The van der Waals surface area contributed by atoms with Gasteiger partial charge in [-0.15, -0.1) is 0 Å². The van der Waals surface area contributed by atoms with Crippen LogP contribution in [0.2, 0.25) is 0 Å². The third kappa shape index (κ3) is 4.85. The summed E-state index contributed by atoms with van der Waals surface area (Å²) < 4.78 is 0. The third-order valence-corrected chi connectivity index (χ3v) is 4.04. The molecule has 128 valence electrons. The Bertz CT molecular complexity index is 622. The lowest BCUT2D eigenvalue weighted by Gasteiger charge is -2.20. The standard InChI is InChI=1S/C21H29N3/c1-20(2,3)15-7-11-17(12-8-15)23-19(22)24-18-13-9-16(10-14-18)21(4,5)6/h7-14H,1-6H3,(H3,22,23,24). The normalized spacial score (nSPS) is 11.9. The Balaban J connectivity index is 1.98. The van der Waals surface area contributed by atoms with Crippen LogP contribution < -0.4 is 10.6 Å². The number of nitrogens with one attached hydrogen (secondary N) is 3. The van der Waals surface area contributed by atoms with Crippen molar-refractivity contribution >= 4 is 17.3 Å². The molecule has 0 aliphatic carbocycles. The van der Waals surface area contributed by atoms with Crippen LogP contribution in [0.25, 0.3) is 0 Å². The predicted molar refractivity (Wildman–Crippen MR) is 105 cm³/mol. The van der Waals surface area contributed by atoms with Gasteiger partial charge in [0.2, 0.25) is 0 Å². The van der Waals surface area contributed by atoms with Crippen LogP contribution in [0, 0.1) is 5.41 Å². The summed E-state index contributed by atoms with van der Waals surface area (Å²) >= 11 is 0. The van der Waals surface area contributed by atoms with Crippen molar-refractivity contribution in [2.75, 3.05) is 10.6 Å². The molecule has 24 heavy (non-hydrogen) atoms. The molecule has 0 fully saturated rings. The van der Waals surface area contributed by atoms with Gasteiger partial charge < -0.3 is 10.6 Å². The molecule has 2 rings (SSSR count). The number of benzene rings is 2. The first kappa shape index (κ1) is 18.1. The van der Waals surface area contributed by atoms with E-state index < -0.39 is 0 Å². The van der Waals surface area contributed by atoms with Gasteiger partial charge in [-0.3, -0.25) is 5.41 Å². The van der Waals surface area contributed by atoms with Crippen molar-refractivity contribution in [1.29, 1.82) is 5.41 Å². The van der Waals surface area contributed by atoms with Crippen LogP contribution >= 0.6 is 0 Å². The van der Waals surface area contributed by atoms with E-state index in [4.69, 9.17) is 5.41 Å². The number of hydrogen-bond acceptors (Lipinski definition) is 1. The first-order valence-corrected chi connectivity index (χ1v) is 8.39. The van der Waals surface area contributed by atoms with Crippen molar-refractivity contribution in [3.05, 3.63) is 59.7 Å². The quantitative estimate of drug-likeness (QED) is 0.487. The average Bonchev–Trinajstić information content (AvgIpc) is 2.46. The fourth-order valence-electron chi connectivity index (χ4n) is 2.43. The summed E-state index contributed by atoms with van der Waals surface area (Å²) in [5, 5.41) is 14.3. The zero-order chi connectivity index (χ0) is 18.0. The Hall–Kier alpha value is -2.29. The monoisotopic (exact) mass is 323 g/mol. The van der Waals surface area contributed by atoms with Gasteiger partial charge in [0.15, 0.2) is 5.96 Å². The van der Waals surface area contributed by atoms with E-state index in [1.54, 1.807) is 0 Å². The third-order valence-electron chi connectivity index (χ3n) is 4.04. The van der Waals surface area contributed by atoms with Crippen LogP contribution in [0.15, 0.2) is 48.5 Å². The Kier molecular flexibility index (Phi) is 5.02. The molecule has 2 aromatic carbocycles. The average molecular weight is 323 g/mol. The Morgan fingerprint density at radius 2 is 0.917 bits per heavy atom. The van der Waals surface area contributed by atoms with Crippen molar-refractivity contribution in [3.8, 4) is 0 Å². The predicted octanol–water partition coefficient (Wildman–Crippen LogP) is 5.74. The van der Waals surface area contributed by atoms with Crippen LogP contribution in [0.3, 0.4) is 0 Å². The first-order chi connectivity index (χ1) is 11.1. The molecule has 0 spiro atoms. The van der Waals surface area contributed by atoms with Crippen LogP contribution in [0.5, 0.6) is 0 Å². The Morgan fingerprint density at radius 1 is 0.625 bits per heavy atom. The number of hydrogen-bond donors (Lipinski definition) is 3. The second-order valence-corrected chi connectivity index (χ2v) is 8.28. The van der Waals surface area contributed by atoms with Crippen molar-refractivity contribution in [2.45, 2.75) is 52.4 Å². The van der Waals surface area contributed by atoms with E-state index in [1.807, 2.05) is 24.3 Å². The molecule has 0 heterocycles. The van der Waals surface area contributed by atoms with Crippen molar-refractivity contribution in [2.24, 2.45) is 0 Å². The molecular weight excluding hydrogens is 294 g/mol. The zero-order valence-electron chi connectivity index (χ0n) is 15.6. The molecule has 3 N–H and O–H groups in total. The van der Waals surface area contributed by atoms with E-state index in [0.717, 1.165) is 11.4 Å². The highest BCUT2D eigenvalue weighted by molar-refractivity contribution is 6.01. The molecule has 0 atom stereocenters. The minimum absolute atomic E-state index is 0.138. The summed E-state index contributed by atoms with van der Waals surface area (Å²) in [5.41, 5.74) is 4.66.